The van der Waals surface area contributed by atoms with Crippen LogP contribution in [0.25, 0.3) is 10.9 Å². The predicted octanol–water partition coefficient (Wildman–Crippen LogP) is 5.41. The summed E-state index contributed by atoms with van der Waals surface area (Å²) in [6.45, 7) is 4.58. The van der Waals surface area contributed by atoms with Crippen molar-refractivity contribution in [3.63, 3.8) is 0 Å². The molecule has 56 heavy (non-hydrogen) atoms. The first kappa shape index (κ1) is 42.3. The number of nitrogens with two attached hydrogens (primary N) is 3. The standard InChI is InChI=1S/C41H54Cl2N10O3/c42-34-13-9-14-35(43)33(34)27-53-26-30(25-51-20-7-8-21-51)32-17-16-31(23-37(32)53)49-41(56)52(22-6-2-5-18-44)28-38(54)50-36(15-10-19-47-40(45)46)39(55)48-24-29-11-3-1-4-12-29/h1,3-4,9,11-14,16-17,23,26,36H,2,5-8,10,15,18-22,24-25,27-28,44H2,(H,48,55)(H,49,56)(H,50,54)(H4,45,46,47)/t36-/m0/s1. The van der Waals surface area contributed by atoms with Gasteiger partial charge in [0.05, 0.1) is 12.1 Å². The number of likely N-dealkylation sites (tertiary alicyclic amines) is 1. The number of fused-ring (bicyclic) bond motifs is 1. The van der Waals surface area contributed by atoms with Crippen LogP contribution >= 0.6 is 23.2 Å². The zero-order chi connectivity index (χ0) is 39.9. The molecule has 1 aliphatic heterocycles. The Kier molecular flexibility index (Phi) is 16.2. The summed E-state index contributed by atoms with van der Waals surface area (Å²) >= 11 is 13.2. The van der Waals surface area contributed by atoms with E-state index in [1.165, 1.54) is 23.3 Å². The van der Waals surface area contributed by atoms with Gasteiger partial charge in [-0.3, -0.25) is 19.5 Å². The molecule has 5 rings (SSSR count). The van der Waals surface area contributed by atoms with E-state index in [1.54, 1.807) is 0 Å². The number of carbonyl (C=O) groups is 3. The second-order valence-corrected chi connectivity index (χ2v) is 15.0. The van der Waals surface area contributed by atoms with Crippen LogP contribution in [0.5, 0.6) is 0 Å². The van der Waals surface area contributed by atoms with E-state index in [0.717, 1.165) is 54.5 Å². The molecule has 4 aromatic rings. The summed E-state index contributed by atoms with van der Waals surface area (Å²) in [6, 6.07) is 19.5. The Bertz CT molecular complexity index is 1920. The van der Waals surface area contributed by atoms with Gasteiger partial charge in [0.2, 0.25) is 11.8 Å². The topological polar surface area (TPSA) is 189 Å². The van der Waals surface area contributed by atoms with Crippen LogP contribution in [0.15, 0.2) is 77.9 Å². The van der Waals surface area contributed by atoms with Crippen molar-refractivity contribution in [3.8, 4) is 0 Å². The molecular formula is C41H54Cl2N10O3. The molecule has 0 unspecified atom stereocenters. The van der Waals surface area contributed by atoms with Gasteiger partial charge in [-0.2, -0.15) is 0 Å². The van der Waals surface area contributed by atoms with Crippen molar-refractivity contribution in [2.24, 2.45) is 22.2 Å². The summed E-state index contributed by atoms with van der Waals surface area (Å²) in [5, 5.41) is 11.0. The zero-order valence-corrected chi connectivity index (χ0v) is 33.3. The molecular weight excluding hydrogens is 751 g/mol. The van der Waals surface area contributed by atoms with Crippen molar-refractivity contribution in [3.05, 3.63) is 99.7 Å². The number of halogens is 2. The first-order valence-corrected chi connectivity index (χ1v) is 20.1. The first-order valence-electron chi connectivity index (χ1n) is 19.3. The van der Waals surface area contributed by atoms with Gasteiger partial charge in [-0.05, 0) is 93.6 Å². The molecule has 1 atom stereocenters. The lowest BCUT2D eigenvalue weighted by Crippen LogP contribution is -2.50. The molecule has 1 aliphatic rings. The number of guanidine groups is 1. The lowest BCUT2D eigenvalue weighted by molar-refractivity contribution is -0.129. The molecule has 4 amide bonds. The molecule has 2 heterocycles. The van der Waals surface area contributed by atoms with Crippen LogP contribution in [-0.4, -0.2) is 83.5 Å². The van der Waals surface area contributed by atoms with Gasteiger partial charge in [0, 0.05) is 59.1 Å². The predicted molar refractivity (Wildman–Crippen MR) is 226 cm³/mol. The number of nitrogens with zero attached hydrogens (tertiary/aromatic N) is 4. The van der Waals surface area contributed by atoms with Crippen molar-refractivity contribution in [2.75, 3.05) is 44.6 Å². The SMILES string of the molecule is NCCCCCN(CC(=O)N[C@@H](CCCN=C(N)N)C(=O)NCc1ccccc1)C(=O)Nc1ccc2c(CN3CCCC3)cn(Cc3c(Cl)cccc3Cl)c2c1. The Morgan fingerprint density at radius 2 is 1.64 bits per heavy atom. The molecule has 1 saturated heterocycles. The molecule has 13 nitrogen and oxygen atoms in total. The molecule has 0 radical (unpaired) electrons. The van der Waals surface area contributed by atoms with Crippen molar-refractivity contribution in [2.45, 2.75) is 70.6 Å². The summed E-state index contributed by atoms with van der Waals surface area (Å²) in [4.78, 5) is 48.8. The van der Waals surface area contributed by atoms with Crippen LogP contribution in [0.3, 0.4) is 0 Å². The largest absolute Gasteiger partial charge is 0.370 e. The first-order chi connectivity index (χ1) is 27.1. The van der Waals surface area contributed by atoms with Gasteiger partial charge in [-0.25, -0.2) is 4.79 Å². The molecule has 0 aliphatic carbocycles. The molecule has 0 spiro atoms. The molecule has 0 saturated carbocycles. The van der Waals surface area contributed by atoms with Gasteiger partial charge in [-0.1, -0.05) is 72.1 Å². The quantitative estimate of drug-likeness (QED) is 0.0391. The average molecular weight is 806 g/mol. The average Bonchev–Trinajstić information content (AvgIpc) is 3.82. The molecule has 0 bridgehead atoms. The number of amides is 4. The Morgan fingerprint density at radius 3 is 2.36 bits per heavy atom. The highest BCUT2D eigenvalue weighted by molar-refractivity contribution is 6.36. The van der Waals surface area contributed by atoms with Gasteiger partial charge in [0.15, 0.2) is 5.96 Å². The maximum atomic E-state index is 13.9. The summed E-state index contributed by atoms with van der Waals surface area (Å²) in [7, 11) is 0. The summed E-state index contributed by atoms with van der Waals surface area (Å²) in [5.74, 6) is -0.854. The molecule has 1 aromatic heterocycles. The number of urea groups is 1. The number of aliphatic imine (C=N–C) groups is 1. The second-order valence-electron chi connectivity index (χ2n) is 14.2. The molecule has 9 N–H and O–H groups in total. The maximum absolute atomic E-state index is 13.9. The van der Waals surface area contributed by atoms with E-state index in [0.29, 0.717) is 67.7 Å². The van der Waals surface area contributed by atoms with Crippen LogP contribution in [0.4, 0.5) is 10.5 Å². The molecule has 15 heteroatoms. The van der Waals surface area contributed by atoms with Gasteiger partial charge in [0.25, 0.3) is 0 Å². The summed E-state index contributed by atoms with van der Waals surface area (Å²) < 4.78 is 2.12. The lowest BCUT2D eigenvalue weighted by Gasteiger charge is -2.25. The number of unbranched alkanes of at least 4 members (excludes halogenated alkanes) is 2. The zero-order valence-electron chi connectivity index (χ0n) is 31.8. The third-order valence-corrected chi connectivity index (χ3v) is 10.6. The van der Waals surface area contributed by atoms with Crippen LogP contribution in [0.2, 0.25) is 10.0 Å². The number of hydrogen-bond acceptors (Lipinski definition) is 6. The van der Waals surface area contributed by atoms with Crippen molar-refractivity contribution < 1.29 is 14.4 Å². The number of anilines is 1. The number of nitrogens with one attached hydrogen (secondary N) is 3. The van der Waals surface area contributed by atoms with Gasteiger partial charge < -0.3 is 42.6 Å². The fourth-order valence-electron chi connectivity index (χ4n) is 6.91. The summed E-state index contributed by atoms with van der Waals surface area (Å²) in [6.07, 6.45) is 7.51. The molecule has 1 fully saturated rings. The minimum atomic E-state index is -0.862. The monoisotopic (exact) mass is 804 g/mol. The van der Waals surface area contributed by atoms with E-state index in [2.05, 4.69) is 36.6 Å². The number of hydrogen-bond donors (Lipinski definition) is 6. The number of carbonyl (C=O) groups excluding carboxylic acids is 3. The molecule has 300 valence electrons. The normalized spacial score (nSPS) is 13.3. The highest BCUT2D eigenvalue weighted by atomic mass is 35.5. The fourth-order valence-corrected chi connectivity index (χ4v) is 7.43. The maximum Gasteiger partial charge on any atom is 0.322 e. The van der Waals surface area contributed by atoms with E-state index < -0.39 is 18.0 Å². The second kappa shape index (κ2) is 21.5. The van der Waals surface area contributed by atoms with Gasteiger partial charge >= 0.3 is 6.03 Å². The Morgan fingerprint density at radius 1 is 0.893 bits per heavy atom. The Balaban J connectivity index is 1.33. The van der Waals surface area contributed by atoms with Crippen LogP contribution in [-0.2, 0) is 29.2 Å². The number of aromatic nitrogens is 1. The smallest absolute Gasteiger partial charge is 0.322 e. The van der Waals surface area contributed by atoms with E-state index in [-0.39, 0.29) is 18.4 Å². The summed E-state index contributed by atoms with van der Waals surface area (Å²) in [5.41, 5.74) is 21.1. The number of rotatable bonds is 20. The molecule has 3 aromatic carbocycles. The minimum Gasteiger partial charge on any atom is -0.370 e. The minimum absolute atomic E-state index is 0.0461. The number of benzene rings is 3. The lowest BCUT2D eigenvalue weighted by atomic mass is 10.1. The van der Waals surface area contributed by atoms with E-state index >= 15 is 0 Å². The highest BCUT2D eigenvalue weighted by Crippen LogP contribution is 2.31. The van der Waals surface area contributed by atoms with Gasteiger partial charge in [-0.15, -0.1) is 0 Å². The Hall–Kier alpha value is -4.82. The van der Waals surface area contributed by atoms with Crippen molar-refractivity contribution in [1.29, 1.82) is 0 Å². The fraction of sp³-hybridized carbons (Fsp3) is 0.415. The Labute approximate surface area is 338 Å². The van der Waals surface area contributed by atoms with Gasteiger partial charge in [0.1, 0.15) is 12.6 Å². The van der Waals surface area contributed by atoms with E-state index in [4.69, 9.17) is 40.4 Å². The third-order valence-electron chi connectivity index (χ3n) is 9.86. The van der Waals surface area contributed by atoms with E-state index in [9.17, 15) is 14.4 Å². The van der Waals surface area contributed by atoms with Crippen molar-refractivity contribution in [1.82, 2.24) is 25.0 Å². The highest BCUT2D eigenvalue weighted by Gasteiger charge is 2.24. The third kappa shape index (κ3) is 12.6. The van der Waals surface area contributed by atoms with Crippen molar-refractivity contribution >= 4 is 63.6 Å². The van der Waals surface area contributed by atoms with Crippen LogP contribution < -0.4 is 33.2 Å². The van der Waals surface area contributed by atoms with Crippen LogP contribution in [0.1, 0.15) is 61.6 Å². The van der Waals surface area contributed by atoms with E-state index in [1.807, 2.05) is 66.7 Å². The van der Waals surface area contributed by atoms with Crippen LogP contribution in [0, 0.1) is 0 Å².